The predicted molar refractivity (Wildman–Crippen MR) is 89.2 cm³/mol. The number of aryl methyl sites for hydroxylation is 1. The average molecular weight is 329 g/mol. The predicted octanol–water partition coefficient (Wildman–Crippen LogP) is 2.00. The van der Waals surface area contributed by atoms with Gasteiger partial charge in [-0.3, -0.25) is 4.98 Å². The van der Waals surface area contributed by atoms with E-state index in [4.69, 9.17) is 0 Å². The summed E-state index contributed by atoms with van der Waals surface area (Å²) in [6, 6.07) is 6.51. The topological polar surface area (TPSA) is 70.2 Å². The summed E-state index contributed by atoms with van der Waals surface area (Å²) in [5.74, 6) is -0.000419. The third kappa shape index (κ3) is 3.79. The van der Waals surface area contributed by atoms with Gasteiger partial charge in [0.25, 0.3) is 0 Å². The molecule has 2 N–H and O–H groups in total. The molecule has 0 bridgehead atoms. The van der Waals surface area contributed by atoms with Crippen LogP contribution in [-0.4, -0.2) is 35.1 Å². The van der Waals surface area contributed by atoms with Crippen molar-refractivity contribution < 1.29 is 9.18 Å². The molecule has 7 heteroatoms. The van der Waals surface area contributed by atoms with E-state index in [0.717, 1.165) is 17.7 Å². The van der Waals surface area contributed by atoms with Crippen molar-refractivity contribution in [2.24, 2.45) is 0 Å². The molecule has 24 heavy (non-hydrogen) atoms. The van der Waals surface area contributed by atoms with E-state index < -0.39 is 0 Å². The molecule has 1 aliphatic rings. The Bertz CT molecular complexity index is 724. The van der Waals surface area contributed by atoms with Crippen LogP contribution in [0.4, 0.5) is 15.0 Å². The average Bonchev–Trinajstić information content (AvgIpc) is 3.03. The first kappa shape index (κ1) is 16.2. The number of hydrogen-bond donors (Lipinski definition) is 2. The van der Waals surface area contributed by atoms with E-state index in [1.807, 2.05) is 24.0 Å². The molecule has 1 unspecified atom stereocenters. The van der Waals surface area contributed by atoms with Gasteiger partial charge < -0.3 is 15.5 Å². The van der Waals surface area contributed by atoms with Gasteiger partial charge in [0, 0.05) is 31.5 Å². The third-order valence-corrected chi connectivity index (χ3v) is 4.10. The van der Waals surface area contributed by atoms with Crippen LogP contribution in [0.5, 0.6) is 0 Å². The normalized spacial score (nSPS) is 16.9. The van der Waals surface area contributed by atoms with Crippen LogP contribution in [0.15, 0.2) is 36.7 Å². The highest BCUT2D eigenvalue weighted by Crippen LogP contribution is 2.20. The highest BCUT2D eigenvalue weighted by atomic mass is 19.1. The Morgan fingerprint density at radius 2 is 2.12 bits per heavy atom. The van der Waals surface area contributed by atoms with Crippen molar-refractivity contribution in [2.75, 3.05) is 18.0 Å². The second kappa shape index (κ2) is 7.25. The van der Waals surface area contributed by atoms with Gasteiger partial charge in [-0.05, 0) is 37.1 Å². The van der Waals surface area contributed by atoms with Crippen molar-refractivity contribution in [3.05, 3.63) is 53.7 Å². The van der Waals surface area contributed by atoms with Crippen LogP contribution in [0.25, 0.3) is 0 Å². The SMILES string of the molecule is Cc1cccnc1CNC(=O)NC1CCN(c2ncccc2F)C1. The molecule has 1 aliphatic heterocycles. The number of hydrogen-bond acceptors (Lipinski definition) is 4. The number of halogens is 1. The number of aromatic nitrogens is 2. The number of nitrogens with one attached hydrogen (secondary N) is 2. The van der Waals surface area contributed by atoms with E-state index in [1.54, 1.807) is 18.5 Å². The minimum absolute atomic E-state index is 0.0313. The number of nitrogens with zero attached hydrogens (tertiary/aromatic N) is 3. The van der Waals surface area contributed by atoms with Gasteiger partial charge in [-0.15, -0.1) is 0 Å². The Hall–Kier alpha value is -2.70. The van der Waals surface area contributed by atoms with Gasteiger partial charge in [-0.1, -0.05) is 6.07 Å². The zero-order valence-corrected chi connectivity index (χ0v) is 13.5. The van der Waals surface area contributed by atoms with Crippen molar-refractivity contribution in [2.45, 2.75) is 25.9 Å². The minimum atomic E-state index is -0.340. The van der Waals surface area contributed by atoms with E-state index in [0.29, 0.717) is 25.5 Å². The standard InChI is InChI=1S/C17H20FN5O/c1-12-4-2-7-19-15(12)10-21-17(24)22-13-6-9-23(11-13)16-14(18)5-3-8-20-16/h2-5,7-8,13H,6,9-11H2,1H3,(H2,21,22,24). The summed E-state index contributed by atoms with van der Waals surface area (Å²) in [4.78, 5) is 22.2. The van der Waals surface area contributed by atoms with Gasteiger partial charge in [-0.2, -0.15) is 0 Å². The Morgan fingerprint density at radius 1 is 1.33 bits per heavy atom. The number of carbonyl (C=O) groups excluding carboxylic acids is 1. The lowest BCUT2D eigenvalue weighted by Gasteiger charge is -2.18. The molecule has 1 saturated heterocycles. The summed E-state index contributed by atoms with van der Waals surface area (Å²) in [5.41, 5.74) is 1.88. The van der Waals surface area contributed by atoms with Gasteiger partial charge in [-0.25, -0.2) is 14.2 Å². The number of rotatable bonds is 4. The molecule has 0 spiro atoms. The zero-order valence-electron chi connectivity index (χ0n) is 13.5. The molecule has 2 aromatic heterocycles. The zero-order chi connectivity index (χ0) is 16.9. The summed E-state index contributed by atoms with van der Waals surface area (Å²) < 4.78 is 13.8. The summed E-state index contributed by atoms with van der Waals surface area (Å²) in [5, 5.41) is 5.73. The van der Waals surface area contributed by atoms with Crippen molar-refractivity contribution in [3.63, 3.8) is 0 Å². The summed E-state index contributed by atoms with van der Waals surface area (Å²) in [6.45, 7) is 3.55. The highest BCUT2D eigenvalue weighted by molar-refractivity contribution is 5.74. The van der Waals surface area contributed by atoms with Crippen LogP contribution in [0.1, 0.15) is 17.7 Å². The maximum Gasteiger partial charge on any atom is 0.315 e. The molecule has 2 aromatic rings. The Morgan fingerprint density at radius 3 is 2.92 bits per heavy atom. The maximum absolute atomic E-state index is 13.8. The van der Waals surface area contributed by atoms with Gasteiger partial charge in [0.15, 0.2) is 11.6 Å². The van der Waals surface area contributed by atoms with Crippen LogP contribution in [-0.2, 0) is 6.54 Å². The Balaban J connectivity index is 1.49. The first-order chi connectivity index (χ1) is 11.6. The summed E-state index contributed by atoms with van der Waals surface area (Å²) >= 11 is 0. The van der Waals surface area contributed by atoms with Crippen molar-refractivity contribution in [1.29, 1.82) is 0 Å². The van der Waals surface area contributed by atoms with E-state index in [-0.39, 0.29) is 17.9 Å². The van der Waals surface area contributed by atoms with E-state index in [9.17, 15) is 9.18 Å². The summed E-state index contributed by atoms with van der Waals surface area (Å²) in [6.07, 6.45) is 4.03. The smallest absolute Gasteiger partial charge is 0.315 e. The lowest BCUT2D eigenvalue weighted by atomic mass is 10.2. The third-order valence-electron chi connectivity index (χ3n) is 4.10. The highest BCUT2D eigenvalue weighted by Gasteiger charge is 2.26. The van der Waals surface area contributed by atoms with Crippen LogP contribution in [0.3, 0.4) is 0 Å². The molecule has 6 nitrogen and oxygen atoms in total. The monoisotopic (exact) mass is 329 g/mol. The molecule has 1 fully saturated rings. The van der Waals surface area contributed by atoms with Gasteiger partial charge >= 0.3 is 6.03 Å². The quantitative estimate of drug-likeness (QED) is 0.900. The first-order valence-electron chi connectivity index (χ1n) is 7.94. The first-order valence-corrected chi connectivity index (χ1v) is 7.94. The van der Waals surface area contributed by atoms with Crippen LogP contribution >= 0.6 is 0 Å². The molecule has 3 heterocycles. The molecule has 126 valence electrons. The molecule has 1 atom stereocenters. The largest absolute Gasteiger partial charge is 0.352 e. The number of urea groups is 1. The summed E-state index contributed by atoms with van der Waals surface area (Å²) in [7, 11) is 0. The van der Waals surface area contributed by atoms with E-state index in [1.165, 1.54) is 6.07 Å². The van der Waals surface area contributed by atoms with Gasteiger partial charge in [0.1, 0.15) is 0 Å². The van der Waals surface area contributed by atoms with Crippen molar-refractivity contribution in [3.8, 4) is 0 Å². The fraction of sp³-hybridized carbons (Fsp3) is 0.353. The Labute approximate surface area is 140 Å². The maximum atomic E-state index is 13.8. The minimum Gasteiger partial charge on any atom is -0.352 e. The fourth-order valence-electron chi connectivity index (χ4n) is 2.78. The lowest BCUT2D eigenvalue weighted by molar-refractivity contribution is 0.237. The molecule has 2 amide bonds. The number of carbonyl (C=O) groups is 1. The number of amides is 2. The van der Waals surface area contributed by atoms with E-state index >= 15 is 0 Å². The molecular formula is C17H20FN5O. The lowest BCUT2D eigenvalue weighted by Crippen LogP contribution is -2.43. The molecule has 3 rings (SSSR count). The number of anilines is 1. The van der Waals surface area contributed by atoms with Crippen molar-refractivity contribution in [1.82, 2.24) is 20.6 Å². The fourth-order valence-corrected chi connectivity index (χ4v) is 2.78. The van der Waals surface area contributed by atoms with Gasteiger partial charge in [0.2, 0.25) is 0 Å². The van der Waals surface area contributed by atoms with Crippen molar-refractivity contribution >= 4 is 11.8 Å². The molecular weight excluding hydrogens is 309 g/mol. The van der Waals surface area contributed by atoms with Crippen LogP contribution < -0.4 is 15.5 Å². The number of pyridine rings is 2. The molecule has 0 aromatic carbocycles. The van der Waals surface area contributed by atoms with Crippen LogP contribution in [0.2, 0.25) is 0 Å². The van der Waals surface area contributed by atoms with E-state index in [2.05, 4.69) is 20.6 Å². The van der Waals surface area contributed by atoms with Gasteiger partial charge in [0.05, 0.1) is 12.2 Å². The molecule has 0 radical (unpaired) electrons. The Kier molecular flexibility index (Phi) is 4.88. The molecule has 0 aliphatic carbocycles. The second-order valence-corrected chi connectivity index (χ2v) is 5.83. The van der Waals surface area contributed by atoms with Crippen LogP contribution in [0, 0.1) is 12.7 Å². The second-order valence-electron chi connectivity index (χ2n) is 5.83. The molecule has 0 saturated carbocycles.